The first-order valence-corrected chi connectivity index (χ1v) is 8.21. The molecule has 120 valence electrons. The summed E-state index contributed by atoms with van der Waals surface area (Å²) in [5, 5.41) is 3.98. The first kappa shape index (κ1) is 15.8. The molecule has 1 aromatic carbocycles. The summed E-state index contributed by atoms with van der Waals surface area (Å²) in [6.45, 7) is 5.67. The first-order chi connectivity index (χ1) is 11.0. The van der Waals surface area contributed by atoms with Gasteiger partial charge in [-0.05, 0) is 56.0 Å². The smallest absolute Gasteiger partial charge is 0.272 e. The van der Waals surface area contributed by atoms with Gasteiger partial charge in [-0.2, -0.15) is 0 Å². The number of carbonyl (C=O) groups is 1. The number of amides is 1. The van der Waals surface area contributed by atoms with Crippen LogP contribution in [0.4, 0.5) is 11.4 Å². The maximum Gasteiger partial charge on any atom is 0.272 e. The fourth-order valence-corrected chi connectivity index (χ4v) is 3.29. The van der Waals surface area contributed by atoms with Gasteiger partial charge >= 0.3 is 0 Å². The zero-order valence-corrected chi connectivity index (χ0v) is 14.2. The van der Waals surface area contributed by atoms with E-state index in [1.54, 1.807) is 12.3 Å². The van der Waals surface area contributed by atoms with Crippen molar-refractivity contribution in [3.63, 3.8) is 0 Å². The number of benzene rings is 1. The number of hydrogen-bond donors (Lipinski definition) is 1. The Morgan fingerprint density at radius 2 is 1.96 bits per heavy atom. The van der Waals surface area contributed by atoms with Gasteiger partial charge in [0.25, 0.3) is 5.91 Å². The van der Waals surface area contributed by atoms with Crippen LogP contribution in [-0.4, -0.2) is 28.9 Å². The summed E-state index contributed by atoms with van der Waals surface area (Å²) < 4.78 is 0. The highest BCUT2D eigenvalue weighted by Gasteiger charge is 2.20. The molecule has 1 saturated heterocycles. The number of anilines is 2. The molecule has 0 radical (unpaired) electrons. The van der Waals surface area contributed by atoms with Crippen LogP contribution in [0.3, 0.4) is 0 Å². The molecule has 1 aromatic heterocycles. The second-order valence-corrected chi connectivity index (χ2v) is 6.40. The Hall–Kier alpha value is -2.07. The van der Waals surface area contributed by atoms with Crippen molar-refractivity contribution in [1.29, 1.82) is 0 Å². The molecule has 1 amide bonds. The largest absolute Gasteiger partial charge is 0.354 e. The topological polar surface area (TPSA) is 45.2 Å². The van der Waals surface area contributed by atoms with E-state index in [9.17, 15) is 4.79 Å². The fourth-order valence-electron chi connectivity index (χ4n) is 2.93. The number of aryl methyl sites for hydroxylation is 2. The van der Waals surface area contributed by atoms with E-state index in [1.165, 1.54) is 0 Å². The summed E-state index contributed by atoms with van der Waals surface area (Å²) in [6.07, 6.45) is 3.80. The molecular formula is C18H20ClN3O. The molecule has 1 N–H and O–H groups in total. The molecule has 0 unspecified atom stereocenters. The van der Waals surface area contributed by atoms with E-state index < -0.39 is 0 Å². The number of carbonyl (C=O) groups excluding carboxylic acids is 1. The number of aromatic nitrogens is 1. The molecule has 23 heavy (non-hydrogen) atoms. The highest BCUT2D eigenvalue weighted by molar-refractivity contribution is 6.33. The second kappa shape index (κ2) is 6.59. The third-order valence-corrected chi connectivity index (χ3v) is 4.37. The Bertz CT molecular complexity index is 716. The molecule has 5 heteroatoms. The van der Waals surface area contributed by atoms with Gasteiger partial charge < -0.3 is 10.2 Å². The van der Waals surface area contributed by atoms with E-state index in [-0.39, 0.29) is 5.91 Å². The van der Waals surface area contributed by atoms with Gasteiger partial charge in [-0.1, -0.05) is 17.7 Å². The predicted molar refractivity (Wildman–Crippen MR) is 93.6 cm³/mol. The number of hydrogen-bond acceptors (Lipinski definition) is 3. The summed E-state index contributed by atoms with van der Waals surface area (Å²) >= 11 is 6.34. The van der Waals surface area contributed by atoms with Gasteiger partial charge in [-0.25, -0.2) is 0 Å². The van der Waals surface area contributed by atoms with Gasteiger partial charge in [-0.15, -0.1) is 0 Å². The molecule has 0 saturated carbocycles. The van der Waals surface area contributed by atoms with Gasteiger partial charge in [0.2, 0.25) is 0 Å². The van der Waals surface area contributed by atoms with Gasteiger partial charge in [0, 0.05) is 25.0 Å². The monoisotopic (exact) mass is 329 g/mol. The maximum atomic E-state index is 12.4. The van der Waals surface area contributed by atoms with Crippen molar-refractivity contribution in [3.8, 4) is 0 Å². The fraction of sp³-hybridized carbons (Fsp3) is 0.333. The van der Waals surface area contributed by atoms with Gasteiger partial charge in [0.15, 0.2) is 0 Å². The quantitative estimate of drug-likeness (QED) is 0.911. The zero-order chi connectivity index (χ0) is 16.4. The van der Waals surface area contributed by atoms with E-state index in [0.29, 0.717) is 10.7 Å². The molecular weight excluding hydrogens is 310 g/mol. The number of likely N-dealkylation sites (tertiary alicyclic amines) is 1. The molecule has 0 aliphatic carbocycles. The van der Waals surface area contributed by atoms with Gasteiger partial charge in [0.05, 0.1) is 10.7 Å². The van der Waals surface area contributed by atoms with Crippen molar-refractivity contribution in [3.05, 3.63) is 52.3 Å². The standard InChI is InChI=1S/C18H20ClN3O/c1-12-9-13(2)17(15(19)10-12)21-14-5-6-20-16(11-14)18(23)22-7-3-4-8-22/h5-6,9-11H,3-4,7-8H2,1-2H3,(H,20,21). The van der Waals surface area contributed by atoms with Gasteiger partial charge in [0.1, 0.15) is 5.69 Å². The van der Waals surface area contributed by atoms with Crippen LogP contribution in [0.15, 0.2) is 30.5 Å². The lowest BCUT2D eigenvalue weighted by Crippen LogP contribution is -2.28. The summed E-state index contributed by atoms with van der Waals surface area (Å²) in [5.74, 6) is -0.00197. The van der Waals surface area contributed by atoms with Crippen molar-refractivity contribution in [2.75, 3.05) is 18.4 Å². The maximum absolute atomic E-state index is 12.4. The minimum atomic E-state index is -0.00197. The average molecular weight is 330 g/mol. The van der Waals surface area contributed by atoms with E-state index in [4.69, 9.17) is 11.6 Å². The molecule has 1 aliphatic heterocycles. The molecule has 2 aromatic rings. The third kappa shape index (κ3) is 3.48. The minimum Gasteiger partial charge on any atom is -0.354 e. The first-order valence-electron chi connectivity index (χ1n) is 7.84. The number of rotatable bonds is 3. The average Bonchev–Trinajstić information content (AvgIpc) is 3.05. The minimum absolute atomic E-state index is 0.00197. The molecule has 1 aliphatic rings. The summed E-state index contributed by atoms with van der Waals surface area (Å²) in [4.78, 5) is 18.5. The lowest BCUT2D eigenvalue weighted by molar-refractivity contribution is 0.0787. The molecule has 1 fully saturated rings. The van der Waals surface area contributed by atoms with E-state index in [1.807, 2.05) is 30.9 Å². The van der Waals surface area contributed by atoms with Crippen molar-refractivity contribution in [2.24, 2.45) is 0 Å². The Morgan fingerprint density at radius 1 is 1.22 bits per heavy atom. The van der Waals surface area contributed by atoms with Crippen molar-refractivity contribution >= 4 is 28.9 Å². The highest BCUT2D eigenvalue weighted by atomic mass is 35.5. The van der Waals surface area contributed by atoms with Crippen LogP contribution in [0.5, 0.6) is 0 Å². The van der Waals surface area contributed by atoms with Crippen molar-refractivity contribution in [1.82, 2.24) is 9.88 Å². The molecule has 0 atom stereocenters. The predicted octanol–water partition coefficient (Wildman–Crippen LogP) is 4.33. The van der Waals surface area contributed by atoms with Crippen LogP contribution < -0.4 is 5.32 Å². The molecule has 0 bridgehead atoms. The highest BCUT2D eigenvalue weighted by Crippen LogP contribution is 2.30. The lowest BCUT2D eigenvalue weighted by atomic mass is 10.1. The number of halogens is 1. The normalized spacial score (nSPS) is 14.1. The van der Waals surface area contributed by atoms with Crippen LogP contribution in [0.25, 0.3) is 0 Å². The van der Waals surface area contributed by atoms with Crippen molar-refractivity contribution in [2.45, 2.75) is 26.7 Å². The molecule has 2 heterocycles. The molecule has 4 nitrogen and oxygen atoms in total. The van der Waals surface area contributed by atoms with E-state index in [0.717, 1.165) is 48.4 Å². The number of nitrogens with zero attached hydrogens (tertiary/aromatic N) is 2. The summed E-state index contributed by atoms with van der Waals surface area (Å²) in [5.41, 5.74) is 4.34. The van der Waals surface area contributed by atoms with E-state index in [2.05, 4.69) is 16.4 Å². The Balaban J connectivity index is 1.84. The summed E-state index contributed by atoms with van der Waals surface area (Å²) in [6, 6.07) is 7.63. The van der Waals surface area contributed by atoms with E-state index >= 15 is 0 Å². The molecule has 3 rings (SSSR count). The van der Waals surface area contributed by atoms with Crippen LogP contribution in [0.2, 0.25) is 5.02 Å². The second-order valence-electron chi connectivity index (χ2n) is 5.99. The molecule has 0 spiro atoms. The Labute approximate surface area is 141 Å². The van der Waals surface area contributed by atoms with Crippen LogP contribution in [0.1, 0.15) is 34.5 Å². The van der Waals surface area contributed by atoms with Gasteiger partial charge in [-0.3, -0.25) is 9.78 Å². The van der Waals surface area contributed by atoms with Crippen molar-refractivity contribution < 1.29 is 4.79 Å². The number of pyridine rings is 1. The zero-order valence-electron chi connectivity index (χ0n) is 13.4. The Morgan fingerprint density at radius 3 is 2.65 bits per heavy atom. The van der Waals surface area contributed by atoms with Crippen LogP contribution in [-0.2, 0) is 0 Å². The van der Waals surface area contributed by atoms with Crippen LogP contribution in [0, 0.1) is 13.8 Å². The SMILES string of the molecule is Cc1cc(C)c(Nc2ccnc(C(=O)N3CCCC3)c2)c(Cl)c1. The summed E-state index contributed by atoms with van der Waals surface area (Å²) in [7, 11) is 0. The number of nitrogens with one attached hydrogen (secondary N) is 1. The van der Waals surface area contributed by atoms with Crippen LogP contribution >= 0.6 is 11.6 Å². The lowest BCUT2D eigenvalue weighted by Gasteiger charge is -2.16. The Kier molecular flexibility index (Phi) is 4.53. The third-order valence-electron chi connectivity index (χ3n) is 4.07.